The summed E-state index contributed by atoms with van der Waals surface area (Å²) in [6.07, 6.45) is 3.86. The minimum absolute atomic E-state index is 0.108. The van der Waals surface area contributed by atoms with Gasteiger partial charge in [-0.25, -0.2) is 8.42 Å². The molecule has 0 radical (unpaired) electrons. The summed E-state index contributed by atoms with van der Waals surface area (Å²) in [5, 5.41) is 3.38. The molecule has 36 heavy (non-hydrogen) atoms. The number of nitrogens with zero attached hydrogens (tertiary/aromatic N) is 2. The van der Waals surface area contributed by atoms with E-state index in [0.29, 0.717) is 36.6 Å². The van der Waals surface area contributed by atoms with E-state index in [9.17, 15) is 18.0 Å². The Kier molecular flexibility index (Phi) is 11.7. The maximum atomic E-state index is 13.4. The van der Waals surface area contributed by atoms with E-state index in [4.69, 9.17) is 11.6 Å². The smallest absolute Gasteiger partial charge is 0.242 e. The molecule has 0 aliphatic heterocycles. The van der Waals surface area contributed by atoms with E-state index >= 15 is 0 Å². The largest absolute Gasteiger partial charge is 0.354 e. The number of unbranched alkanes of at least 4 members (excludes halogenated alkanes) is 1. The third-order valence-corrected chi connectivity index (χ3v) is 7.37. The lowest BCUT2D eigenvalue weighted by Gasteiger charge is -2.31. The average molecular weight is 536 g/mol. The minimum Gasteiger partial charge on any atom is -0.354 e. The van der Waals surface area contributed by atoms with Gasteiger partial charge in [0.2, 0.25) is 21.8 Å². The standard InChI is InChI=1S/C27H38ClN3O4S/c1-5-7-17-29-27(33)25(6-2)30(20-22-15-13-21(3)14-16-22)26(32)12-9-18-31(36(4,34)35)24-11-8-10-23(28)19-24/h8,10-11,13-16,19,25H,5-7,9,12,17-18,20H2,1-4H3,(H,29,33). The number of amides is 2. The van der Waals surface area contributed by atoms with Crippen molar-refractivity contribution in [3.63, 3.8) is 0 Å². The Balaban J connectivity index is 2.19. The summed E-state index contributed by atoms with van der Waals surface area (Å²) in [4.78, 5) is 28.0. The van der Waals surface area contributed by atoms with E-state index in [-0.39, 0.29) is 24.8 Å². The van der Waals surface area contributed by atoms with Gasteiger partial charge in [-0.2, -0.15) is 0 Å². The number of carbonyl (C=O) groups is 2. The molecule has 1 atom stereocenters. The van der Waals surface area contributed by atoms with Gasteiger partial charge in [0, 0.05) is 31.1 Å². The first-order valence-corrected chi connectivity index (χ1v) is 14.7. The molecule has 0 bridgehead atoms. The fourth-order valence-electron chi connectivity index (χ4n) is 3.95. The molecule has 2 aromatic rings. The van der Waals surface area contributed by atoms with Gasteiger partial charge in [0.25, 0.3) is 0 Å². The predicted octanol–water partition coefficient (Wildman–Crippen LogP) is 4.92. The van der Waals surface area contributed by atoms with Crippen LogP contribution in [-0.4, -0.2) is 50.5 Å². The first-order valence-electron chi connectivity index (χ1n) is 12.4. The molecule has 1 N–H and O–H groups in total. The Morgan fingerprint density at radius 3 is 2.33 bits per heavy atom. The van der Waals surface area contributed by atoms with Gasteiger partial charge in [-0.3, -0.25) is 13.9 Å². The van der Waals surface area contributed by atoms with E-state index in [2.05, 4.69) is 12.2 Å². The van der Waals surface area contributed by atoms with E-state index in [1.807, 2.05) is 38.1 Å². The van der Waals surface area contributed by atoms with Gasteiger partial charge < -0.3 is 10.2 Å². The molecule has 0 heterocycles. The molecule has 0 saturated heterocycles. The molecule has 2 amide bonds. The van der Waals surface area contributed by atoms with Crippen molar-refractivity contribution in [2.75, 3.05) is 23.7 Å². The molecule has 0 aliphatic rings. The van der Waals surface area contributed by atoms with Crippen LogP contribution in [0.3, 0.4) is 0 Å². The van der Waals surface area contributed by atoms with Crippen LogP contribution in [-0.2, 0) is 26.2 Å². The molecule has 0 fully saturated rings. The van der Waals surface area contributed by atoms with E-state index in [1.165, 1.54) is 4.31 Å². The molecule has 198 valence electrons. The highest BCUT2D eigenvalue weighted by Crippen LogP contribution is 2.23. The van der Waals surface area contributed by atoms with Gasteiger partial charge in [0.15, 0.2) is 0 Å². The van der Waals surface area contributed by atoms with Crippen LogP contribution in [0.2, 0.25) is 5.02 Å². The summed E-state index contributed by atoms with van der Waals surface area (Å²) in [5.74, 6) is -0.351. The molecule has 0 spiro atoms. The summed E-state index contributed by atoms with van der Waals surface area (Å²) in [6.45, 7) is 6.95. The van der Waals surface area contributed by atoms with E-state index < -0.39 is 16.1 Å². The number of carbonyl (C=O) groups excluding carboxylic acids is 2. The summed E-state index contributed by atoms with van der Waals surface area (Å²) < 4.78 is 26.1. The number of hydrogen-bond acceptors (Lipinski definition) is 4. The quantitative estimate of drug-likeness (QED) is 0.348. The minimum atomic E-state index is -3.57. The second-order valence-electron chi connectivity index (χ2n) is 8.99. The SMILES string of the molecule is CCCCNC(=O)C(CC)N(Cc1ccc(C)cc1)C(=O)CCCN(c1cccc(Cl)c1)S(C)(=O)=O. The van der Waals surface area contributed by atoms with Crippen molar-refractivity contribution in [1.29, 1.82) is 0 Å². The molecule has 0 aromatic heterocycles. The van der Waals surface area contributed by atoms with Crippen LogP contribution in [0, 0.1) is 6.92 Å². The van der Waals surface area contributed by atoms with Crippen molar-refractivity contribution >= 4 is 39.1 Å². The van der Waals surface area contributed by atoms with Gasteiger partial charge in [0.1, 0.15) is 6.04 Å². The number of aryl methyl sites for hydroxylation is 1. The van der Waals surface area contributed by atoms with Crippen LogP contribution >= 0.6 is 11.6 Å². The van der Waals surface area contributed by atoms with Crippen molar-refractivity contribution in [3.05, 3.63) is 64.7 Å². The average Bonchev–Trinajstić information content (AvgIpc) is 2.82. The van der Waals surface area contributed by atoms with Crippen molar-refractivity contribution in [1.82, 2.24) is 10.2 Å². The lowest BCUT2D eigenvalue weighted by atomic mass is 10.1. The predicted molar refractivity (Wildman–Crippen MR) is 147 cm³/mol. The fraction of sp³-hybridized carbons (Fsp3) is 0.481. The maximum absolute atomic E-state index is 13.4. The number of nitrogens with one attached hydrogen (secondary N) is 1. The Hall–Kier alpha value is -2.58. The fourth-order valence-corrected chi connectivity index (χ4v) is 5.09. The summed E-state index contributed by atoms with van der Waals surface area (Å²) in [6, 6.07) is 13.9. The molecule has 0 aliphatic carbocycles. The number of halogens is 1. The molecule has 2 rings (SSSR count). The second kappa shape index (κ2) is 14.2. The van der Waals surface area contributed by atoms with Gasteiger partial charge >= 0.3 is 0 Å². The highest BCUT2D eigenvalue weighted by atomic mass is 35.5. The molecular formula is C27H38ClN3O4S. The summed E-state index contributed by atoms with van der Waals surface area (Å²) >= 11 is 6.06. The Morgan fingerprint density at radius 1 is 1.06 bits per heavy atom. The first-order chi connectivity index (χ1) is 17.1. The maximum Gasteiger partial charge on any atom is 0.242 e. The highest BCUT2D eigenvalue weighted by Gasteiger charge is 2.28. The highest BCUT2D eigenvalue weighted by molar-refractivity contribution is 7.92. The zero-order valence-corrected chi connectivity index (χ0v) is 23.2. The van der Waals surface area contributed by atoms with Gasteiger partial charge in [-0.15, -0.1) is 0 Å². The van der Waals surface area contributed by atoms with Crippen molar-refractivity contribution in [2.45, 2.75) is 65.5 Å². The first kappa shape index (κ1) is 29.6. The van der Waals surface area contributed by atoms with Crippen LogP contribution in [0.15, 0.2) is 48.5 Å². The summed E-state index contributed by atoms with van der Waals surface area (Å²) in [5.41, 5.74) is 2.50. The molecule has 9 heteroatoms. The second-order valence-corrected chi connectivity index (χ2v) is 11.3. The number of benzene rings is 2. The normalized spacial score (nSPS) is 12.1. The molecule has 2 aromatic carbocycles. The van der Waals surface area contributed by atoms with Crippen LogP contribution in [0.1, 0.15) is 57.1 Å². The van der Waals surface area contributed by atoms with Gasteiger partial charge in [-0.05, 0) is 49.9 Å². The molecular weight excluding hydrogens is 498 g/mol. The van der Waals surface area contributed by atoms with E-state index in [1.54, 1.807) is 29.2 Å². The lowest BCUT2D eigenvalue weighted by Crippen LogP contribution is -2.49. The van der Waals surface area contributed by atoms with E-state index in [0.717, 1.165) is 30.2 Å². The molecule has 0 saturated carbocycles. The van der Waals surface area contributed by atoms with Crippen LogP contribution in [0.4, 0.5) is 5.69 Å². The zero-order valence-electron chi connectivity index (χ0n) is 21.7. The Labute approximate surface area is 220 Å². The van der Waals surface area contributed by atoms with Crippen LogP contribution in [0.5, 0.6) is 0 Å². The number of hydrogen-bond donors (Lipinski definition) is 1. The lowest BCUT2D eigenvalue weighted by molar-refractivity contribution is -0.141. The number of anilines is 1. The zero-order chi connectivity index (χ0) is 26.7. The topological polar surface area (TPSA) is 86.8 Å². The molecule has 1 unspecified atom stereocenters. The molecule has 7 nitrogen and oxygen atoms in total. The Morgan fingerprint density at radius 2 is 1.75 bits per heavy atom. The van der Waals surface area contributed by atoms with Crippen molar-refractivity contribution < 1.29 is 18.0 Å². The number of rotatable bonds is 14. The van der Waals surface area contributed by atoms with Crippen LogP contribution in [0.25, 0.3) is 0 Å². The summed E-state index contributed by atoms with van der Waals surface area (Å²) in [7, 11) is -3.57. The monoisotopic (exact) mass is 535 g/mol. The van der Waals surface area contributed by atoms with Crippen molar-refractivity contribution in [3.8, 4) is 0 Å². The number of sulfonamides is 1. The Bertz CT molecular complexity index is 1110. The van der Waals surface area contributed by atoms with Crippen molar-refractivity contribution in [2.24, 2.45) is 0 Å². The third kappa shape index (κ3) is 9.13. The van der Waals surface area contributed by atoms with Crippen LogP contribution < -0.4 is 9.62 Å². The van der Waals surface area contributed by atoms with Gasteiger partial charge in [-0.1, -0.05) is 67.8 Å². The van der Waals surface area contributed by atoms with Gasteiger partial charge in [0.05, 0.1) is 11.9 Å². The third-order valence-electron chi connectivity index (χ3n) is 5.94.